The van der Waals surface area contributed by atoms with Crippen molar-refractivity contribution >= 4 is 18.3 Å². The van der Waals surface area contributed by atoms with Crippen LogP contribution in [0.4, 0.5) is 0 Å². The molecule has 6 heteroatoms. The third-order valence-corrected chi connectivity index (χ3v) is 3.26. The number of carbonyl (C=O) groups is 1. The maximum Gasteiger partial charge on any atom is 0.257 e. The Bertz CT molecular complexity index is 599. The fraction of sp³-hybridized carbons (Fsp3) is 0.375. The van der Waals surface area contributed by atoms with Gasteiger partial charge >= 0.3 is 0 Å². The number of carbonyl (C=O) groups excluding carboxylic acids is 1. The molecule has 5 nitrogen and oxygen atoms in total. The molecule has 0 radical (unpaired) electrons. The molecule has 0 aliphatic heterocycles. The van der Waals surface area contributed by atoms with Crippen LogP contribution in [-0.4, -0.2) is 30.2 Å². The summed E-state index contributed by atoms with van der Waals surface area (Å²) in [4.78, 5) is 12.4. The molecule has 0 unspecified atom stereocenters. The number of aromatic nitrogens is 1. The maximum absolute atomic E-state index is 12.4. The highest BCUT2D eigenvalue weighted by Crippen LogP contribution is 2.24. The molecule has 0 aliphatic carbocycles. The first kappa shape index (κ1) is 18.2. The summed E-state index contributed by atoms with van der Waals surface area (Å²) < 4.78 is 5.20. The number of benzene rings is 1. The zero-order valence-corrected chi connectivity index (χ0v) is 13.9. The van der Waals surface area contributed by atoms with Gasteiger partial charge in [-0.05, 0) is 20.4 Å². The summed E-state index contributed by atoms with van der Waals surface area (Å²) in [6.07, 6.45) is 0. The molecule has 1 aromatic heterocycles. The molecule has 22 heavy (non-hydrogen) atoms. The summed E-state index contributed by atoms with van der Waals surface area (Å²) in [5.41, 5.74) is 1.96. The van der Waals surface area contributed by atoms with Crippen molar-refractivity contribution in [1.82, 2.24) is 15.8 Å². The SMILES string of the molecule is CCN[C@H](C)CNC(=O)c1c(-c2ccccc2)noc1C.Cl. The summed E-state index contributed by atoms with van der Waals surface area (Å²) in [6.45, 7) is 7.25. The first-order valence-corrected chi connectivity index (χ1v) is 7.16. The molecule has 0 bridgehead atoms. The molecule has 2 N–H and O–H groups in total. The van der Waals surface area contributed by atoms with Crippen molar-refractivity contribution in [2.45, 2.75) is 26.8 Å². The van der Waals surface area contributed by atoms with E-state index in [0.717, 1.165) is 12.1 Å². The monoisotopic (exact) mass is 323 g/mol. The summed E-state index contributed by atoms with van der Waals surface area (Å²) in [7, 11) is 0. The standard InChI is InChI=1S/C16H21N3O2.ClH/c1-4-17-11(2)10-18-16(20)14-12(3)21-19-15(14)13-8-6-5-7-9-13;/h5-9,11,17H,4,10H2,1-3H3,(H,18,20);1H/t11-;/m1./s1. The van der Waals surface area contributed by atoms with Crippen LogP contribution in [-0.2, 0) is 0 Å². The van der Waals surface area contributed by atoms with Crippen LogP contribution in [0, 0.1) is 6.92 Å². The van der Waals surface area contributed by atoms with E-state index in [9.17, 15) is 4.79 Å². The van der Waals surface area contributed by atoms with Gasteiger partial charge in [0.15, 0.2) is 0 Å². The molecule has 1 atom stereocenters. The molecule has 1 aromatic carbocycles. The van der Waals surface area contributed by atoms with Gasteiger partial charge in [-0.25, -0.2) is 0 Å². The molecule has 2 rings (SSSR count). The summed E-state index contributed by atoms with van der Waals surface area (Å²) in [5, 5.41) is 10.2. The summed E-state index contributed by atoms with van der Waals surface area (Å²) >= 11 is 0. The number of rotatable bonds is 6. The van der Waals surface area contributed by atoms with Crippen molar-refractivity contribution in [2.75, 3.05) is 13.1 Å². The number of nitrogens with zero attached hydrogens (tertiary/aromatic N) is 1. The molecular weight excluding hydrogens is 302 g/mol. The number of aryl methyl sites for hydroxylation is 1. The van der Waals surface area contributed by atoms with Gasteiger partial charge in [-0.15, -0.1) is 12.4 Å². The van der Waals surface area contributed by atoms with Crippen LogP contribution in [0.2, 0.25) is 0 Å². The van der Waals surface area contributed by atoms with Gasteiger partial charge in [0, 0.05) is 18.2 Å². The number of amides is 1. The summed E-state index contributed by atoms with van der Waals surface area (Å²) in [5.74, 6) is 0.375. The molecule has 1 heterocycles. The topological polar surface area (TPSA) is 67.2 Å². The predicted molar refractivity (Wildman–Crippen MR) is 89.4 cm³/mol. The van der Waals surface area contributed by atoms with Gasteiger partial charge in [0.1, 0.15) is 17.0 Å². The number of halogens is 1. The van der Waals surface area contributed by atoms with Crippen LogP contribution in [0.5, 0.6) is 0 Å². The summed E-state index contributed by atoms with van der Waals surface area (Å²) in [6, 6.07) is 9.79. The van der Waals surface area contributed by atoms with Gasteiger partial charge in [0.2, 0.25) is 0 Å². The molecule has 0 spiro atoms. The highest BCUT2D eigenvalue weighted by molar-refractivity contribution is 6.00. The third-order valence-electron chi connectivity index (χ3n) is 3.26. The van der Waals surface area contributed by atoms with Crippen molar-refractivity contribution < 1.29 is 9.32 Å². The van der Waals surface area contributed by atoms with Crippen LogP contribution in [0.25, 0.3) is 11.3 Å². The lowest BCUT2D eigenvalue weighted by Gasteiger charge is -2.13. The maximum atomic E-state index is 12.4. The minimum Gasteiger partial charge on any atom is -0.360 e. The first-order valence-electron chi connectivity index (χ1n) is 7.16. The minimum atomic E-state index is -0.155. The van der Waals surface area contributed by atoms with Crippen molar-refractivity contribution in [2.24, 2.45) is 0 Å². The van der Waals surface area contributed by atoms with Crippen molar-refractivity contribution in [3.63, 3.8) is 0 Å². The highest BCUT2D eigenvalue weighted by atomic mass is 35.5. The molecule has 0 saturated heterocycles. The minimum absolute atomic E-state index is 0. The lowest BCUT2D eigenvalue weighted by Crippen LogP contribution is -2.39. The molecule has 2 aromatic rings. The lowest BCUT2D eigenvalue weighted by molar-refractivity contribution is 0.0949. The molecule has 0 aliphatic rings. The number of nitrogens with one attached hydrogen (secondary N) is 2. The zero-order valence-electron chi connectivity index (χ0n) is 13.1. The van der Waals surface area contributed by atoms with Gasteiger partial charge in [-0.2, -0.15) is 0 Å². The van der Waals surface area contributed by atoms with E-state index in [2.05, 4.69) is 15.8 Å². The van der Waals surface area contributed by atoms with Gasteiger partial charge in [0.25, 0.3) is 5.91 Å². The Kier molecular flexibility index (Phi) is 7.08. The average Bonchev–Trinajstić information content (AvgIpc) is 2.88. The Labute approximate surface area is 136 Å². The third kappa shape index (κ3) is 4.32. The normalized spacial score (nSPS) is 11.6. The molecule has 0 saturated carbocycles. The fourth-order valence-electron chi connectivity index (χ4n) is 2.19. The average molecular weight is 324 g/mol. The van der Waals surface area contributed by atoms with Crippen LogP contribution >= 0.6 is 12.4 Å². The van der Waals surface area contributed by atoms with E-state index in [1.807, 2.05) is 44.2 Å². The molecular formula is C16H22ClN3O2. The van der Waals surface area contributed by atoms with Crippen molar-refractivity contribution in [1.29, 1.82) is 0 Å². The van der Waals surface area contributed by atoms with Gasteiger partial charge in [-0.3, -0.25) is 4.79 Å². The van der Waals surface area contributed by atoms with Gasteiger partial charge in [0.05, 0.1) is 0 Å². The Hall–Kier alpha value is -1.85. The highest BCUT2D eigenvalue weighted by Gasteiger charge is 2.21. The second kappa shape index (κ2) is 8.56. The van der Waals surface area contributed by atoms with E-state index in [0.29, 0.717) is 23.6 Å². The molecule has 120 valence electrons. The zero-order chi connectivity index (χ0) is 15.2. The van der Waals surface area contributed by atoms with E-state index in [-0.39, 0.29) is 24.4 Å². The lowest BCUT2D eigenvalue weighted by atomic mass is 10.1. The second-order valence-corrected chi connectivity index (χ2v) is 5.00. The quantitative estimate of drug-likeness (QED) is 0.858. The number of likely N-dealkylation sites (N-methyl/N-ethyl adjacent to an activating group) is 1. The van der Waals surface area contributed by atoms with Crippen LogP contribution in [0.15, 0.2) is 34.9 Å². The van der Waals surface area contributed by atoms with E-state index in [4.69, 9.17) is 4.52 Å². The largest absolute Gasteiger partial charge is 0.360 e. The Balaban J connectivity index is 0.00000242. The van der Waals surface area contributed by atoms with Crippen molar-refractivity contribution in [3.05, 3.63) is 41.7 Å². The Morgan fingerprint density at radius 1 is 1.32 bits per heavy atom. The van der Waals surface area contributed by atoms with Crippen LogP contribution in [0.1, 0.15) is 30.0 Å². The van der Waals surface area contributed by atoms with Gasteiger partial charge < -0.3 is 15.2 Å². The smallest absolute Gasteiger partial charge is 0.257 e. The molecule has 0 fully saturated rings. The van der Waals surface area contributed by atoms with E-state index >= 15 is 0 Å². The predicted octanol–water partition coefficient (Wildman–Crippen LogP) is 2.80. The van der Waals surface area contributed by atoms with Crippen LogP contribution < -0.4 is 10.6 Å². The Morgan fingerprint density at radius 2 is 2.00 bits per heavy atom. The fourth-order valence-corrected chi connectivity index (χ4v) is 2.19. The number of hydrogen-bond acceptors (Lipinski definition) is 4. The van der Waals surface area contributed by atoms with E-state index < -0.39 is 0 Å². The van der Waals surface area contributed by atoms with Gasteiger partial charge in [-0.1, -0.05) is 42.4 Å². The second-order valence-electron chi connectivity index (χ2n) is 5.00. The van der Waals surface area contributed by atoms with Crippen molar-refractivity contribution in [3.8, 4) is 11.3 Å². The van der Waals surface area contributed by atoms with E-state index in [1.165, 1.54) is 0 Å². The number of hydrogen-bond donors (Lipinski definition) is 2. The van der Waals surface area contributed by atoms with Crippen LogP contribution in [0.3, 0.4) is 0 Å². The molecule has 1 amide bonds. The Morgan fingerprint density at radius 3 is 2.64 bits per heavy atom. The first-order chi connectivity index (χ1) is 10.1. The van der Waals surface area contributed by atoms with E-state index in [1.54, 1.807) is 6.92 Å².